The first kappa shape index (κ1) is 16.5. The van der Waals surface area contributed by atoms with E-state index in [0.29, 0.717) is 18.6 Å². The average molecular weight is 285 g/mol. The summed E-state index contributed by atoms with van der Waals surface area (Å²) in [6.45, 7) is 8.43. The summed E-state index contributed by atoms with van der Waals surface area (Å²) in [5.41, 5.74) is -0.770. The summed E-state index contributed by atoms with van der Waals surface area (Å²) in [4.78, 5) is 22.4. The summed E-state index contributed by atoms with van der Waals surface area (Å²) in [6, 6.07) is 0. The number of ether oxygens (including phenoxy) is 2. The highest BCUT2D eigenvalue weighted by Crippen LogP contribution is 2.46. The summed E-state index contributed by atoms with van der Waals surface area (Å²) < 4.78 is 10.6. The molecule has 0 aliphatic heterocycles. The molecule has 0 radical (unpaired) electrons. The minimum absolute atomic E-state index is 0.0970. The number of hydrogen-bond donors (Lipinski definition) is 1. The van der Waals surface area contributed by atoms with Gasteiger partial charge in [-0.1, -0.05) is 19.0 Å². The fraction of sp³-hybridized carbons (Fsp3) is 0.786. The Balaban J connectivity index is 3.07. The maximum atomic E-state index is 11.3. The molecule has 0 bridgehead atoms. The number of carbonyl (C=O) groups is 2. The molecule has 0 amide bonds. The van der Waals surface area contributed by atoms with Crippen LogP contribution in [0.25, 0.3) is 0 Å². The van der Waals surface area contributed by atoms with Crippen molar-refractivity contribution < 1.29 is 24.3 Å². The number of rotatable bonds is 3. The predicted molar refractivity (Wildman–Crippen MR) is 72.5 cm³/mol. The topological polar surface area (TPSA) is 85.2 Å². The first-order valence-electron chi connectivity index (χ1n) is 6.70. The number of oxime groups is 1. The molecule has 0 aromatic rings. The smallest absolute Gasteiger partial charge is 0.303 e. The monoisotopic (exact) mass is 285 g/mol. The van der Waals surface area contributed by atoms with Gasteiger partial charge >= 0.3 is 11.9 Å². The van der Waals surface area contributed by atoms with Crippen LogP contribution in [0.4, 0.5) is 0 Å². The first-order chi connectivity index (χ1) is 9.15. The van der Waals surface area contributed by atoms with E-state index >= 15 is 0 Å². The van der Waals surface area contributed by atoms with Crippen LogP contribution in [-0.2, 0) is 19.1 Å². The molecule has 0 saturated heterocycles. The fourth-order valence-electron chi connectivity index (χ4n) is 2.88. The molecule has 1 aliphatic carbocycles. The zero-order valence-electron chi connectivity index (χ0n) is 12.7. The Labute approximate surface area is 119 Å². The van der Waals surface area contributed by atoms with Crippen molar-refractivity contribution >= 4 is 17.7 Å². The average Bonchev–Trinajstić information content (AvgIpc) is 2.33. The summed E-state index contributed by atoms with van der Waals surface area (Å²) >= 11 is 0. The number of esters is 2. The number of nitrogens with zero attached hydrogens (tertiary/aromatic N) is 1. The summed E-state index contributed by atoms with van der Waals surface area (Å²) in [7, 11) is 0. The maximum absolute atomic E-state index is 11.3. The Morgan fingerprint density at radius 2 is 1.95 bits per heavy atom. The Morgan fingerprint density at radius 1 is 1.35 bits per heavy atom. The van der Waals surface area contributed by atoms with Crippen molar-refractivity contribution in [2.45, 2.75) is 53.1 Å². The van der Waals surface area contributed by atoms with Crippen molar-refractivity contribution in [3.8, 4) is 0 Å². The zero-order chi connectivity index (χ0) is 15.6. The Kier molecular flexibility index (Phi) is 4.78. The molecule has 1 rings (SSSR count). The molecule has 114 valence electrons. The van der Waals surface area contributed by atoms with Gasteiger partial charge in [-0.15, -0.1) is 0 Å². The van der Waals surface area contributed by atoms with Gasteiger partial charge in [-0.3, -0.25) is 9.59 Å². The second kappa shape index (κ2) is 5.81. The van der Waals surface area contributed by atoms with Crippen LogP contribution in [0, 0.1) is 11.3 Å². The third-order valence-corrected chi connectivity index (χ3v) is 4.46. The van der Waals surface area contributed by atoms with Gasteiger partial charge in [-0.25, -0.2) is 0 Å². The fourth-order valence-corrected chi connectivity index (χ4v) is 2.88. The van der Waals surface area contributed by atoms with Gasteiger partial charge in [-0.2, -0.15) is 0 Å². The second-order valence-corrected chi connectivity index (χ2v) is 5.87. The van der Waals surface area contributed by atoms with E-state index in [9.17, 15) is 14.8 Å². The lowest BCUT2D eigenvalue weighted by Gasteiger charge is -2.49. The molecule has 3 atom stereocenters. The van der Waals surface area contributed by atoms with Gasteiger partial charge < -0.3 is 14.7 Å². The lowest BCUT2D eigenvalue weighted by Crippen LogP contribution is -2.55. The highest BCUT2D eigenvalue weighted by molar-refractivity contribution is 5.91. The molecular weight excluding hydrogens is 262 g/mol. The first-order valence-corrected chi connectivity index (χ1v) is 6.70. The van der Waals surface area contributed by atoms with Crippen LogP contribution >= 0.6 is 0 Å². The molecule has 20 heavy (non-hydrogen) atoms. The molecule has 1 aliphatic rings. The normalized spacial score (nSPS) is 35.6. The molecule has 1 saturated carbocycles. The maximum Gasteiger partial charge on any atom is 0.303 e. The van der Waals surface area contributed by atoms with Crippen molar-refractivity contribution in [1.29, 1.82) is 0 Å². The van der Waals surface area contributed by atoms with Gasteiger partial charge in [0.25, 0.3) is 0 Å². The van der Waals surface area contributed by atoms with E-state index < -0.39 is 17.0 Å². The third kappa shape index (κ3) is 3.11. The van der Waals surface area contributed by atoms with E-state index in [4.69, 9.17) is 9.47 Å². The molecule has 0 unspecified atom stereocenters. The Morgan fingerprint density at radius 3 is 2.40 bits per heavy atom. The van der Waals surface area contributed by atoms with Crippen LogP contribution in [0.15, 0.2) is 5.16 Å². The van der Waals surface area contributed by atoms with E-state index in [2.05, 4.69) is 5.16 Å². The van der Waals surface area contributed by atoms with Crippen LogP contribution in [0.2, 0.25) is 0 Å². The minimum atomic E-state index is -0.672. The molecule has 0 heterocycles. The van der Waals surface area contributed by atoms with Crippen LogP contribution in [0.1, 0.15) is 47.5 Å². The van der Waals surface area contributed by atoms with Gasteiger partial charge in [0.15, 0.2) is 0 Å². The van der Waals surface area contributed by atoms with Crippen LogP contribution < -0.4 is 0 Å². The second-order valence-electron chi connectivity index (χ2n) is 5.87. The molecule has 0 aromatic carbocycles. The largest absolute Gasteiger partial charge is 0.465 e. The molecule has 0 aromatic heterocycles. The van der Waals surface area contributed by atoms with Crippen molar-refractivity contribution in [2.24, 2.45) is 16.5 Å². The zero-order valence-corrected chi connectivity index (χ0v) is 12.7. The predicted octanol–water partition coefficient (Wildman–Crippen LogP) is 2.14. The molecule has 1 N–H and O–H groups in total. The van der Waals surface area contributed by atoms with E-state index in [1.807, 2.05) is 20.8 Å². The standard InChI is InChI=1S/C14H23NO5/c1-9-13(4,8-19-10(2)16)12(15-18)6-7-14(9,5)20-11(3)17/h9,18H,6-8H2,1-5H3/b15-12-/t9-,13-,14+/m0/s1. The Bertz CT molecular complexity index is 433. The van der Waals surface area contributed by atoms with Crippen LogP contribution in [-0.4, -0.2) is 35.1 Å². The van der Waals surface area contributed by atoms with Gasteiger partial charge in [0, 0.05) is 25.2 Å². The SMILES string of the molecule is CC(=O)OC[C@]1(C)/C(=N\O)CC[C@@](C)(OC(C)=O)[C@H]1C. The van der Waals surface area contributed by atoms with Gasteiger partial charge in [0.2, 0.25) is 0 Å². The lowest BCUT2D eigenvalue weighted by atomic mass is 9.61. The quantitative estimate of drug-likeness (QED) is 0.488. The summed E-state index contributed by atoms with van der Waals surface area (Å²) in [5.74, 6) is -0.896. The van der Waals surface area contributed by atoms with Crippen LogP contribution in [0.5, 0.6) is 0 Å². The van der Waals surface area contributed by atoms with Crippen molar-refractivity contribution in [1.82, 2.24) is 0 Å². The van der Waals surface area contributed by atoms with E-state index in [1.54, 1.807) is 0 Å². The summed E-state index contributed by atoms with van der Waals surface area (Å²) in [6.07, 6.45) is 1.06. The van der Waals surface area contributed by atoms with Crippen molar-refractivity contribution in [3.63, 3.8) is 0 Å². The summed E-state index contributed by atoms with van der Waals surface area (Å²) in [5, 5.41) is 12.6. The molecule has 0 spiro atoms. The minimum Gasteiger partial charge on any atom is -0.465 e. The third-order valence-electron chi connectivity index (χ3n) is 4.46. The number of hydrogen-bond acceptors (Lipinski definition) is 6. The molecule has 1 fully saturated rings. The highest BCUT2D eigenvalue weighted by atomic mass is 16.6. The lowest BCUT2D eigenvalue weighted by molar-refractivity contribution is -0.171. The van der Waals surface area contributed by atoms with E-state index in [1.165, 1.54) is 13.8 Å². The van der Waals surface area contributed by atoms with Crippen LogP contribution in [0.3, 0.4) is 0 Å². The van der Waals surface area contributed by atoms with Gasteiger partial charge in [0.05, 0.1) is 5.71 Å². The van der Waals surface area contributed by atoms with Crippen molar-refractivity contribution in [2.75, 3.05) is 6.61 Å². The Hall–Kier alpha value is -1.59. The molecule has 6 heteroatoms. The van der Waals surface area contributed by atoms with Gasteiger partial charge in [0.1, 0.15) is 12.2 Å². The van der Waals surface area contributed by atoms with Crippen molar-refractivity contribution in [3.05, 3.63) is 0 Å². The molecule has 6 nitrogen and oxygen atoms in total. The van der Waals surface area contributed by atoms with Gasteiger partial charge in [-0.05, 0) is 19.8 Å². The molecular formula is C14H23NO5. The highest BCUT2D eigenvalue weighted by Gasteiger charge is 2.53. The van der Waals surface area contributed by atoms with E-state index in [-0.39, 0.29) is 18.5 Å². The number of carbonyl (C=O) groups excluding carboxylic acids is 2. The van der Waals surface area contributed by atoms with E-state index in [0.717, 1.165) is 0 Å².